The van der Waals surface area contributed by atoms with Gasteiger partial charge in [-0.1, -0.05) is 24.1 Å². The number of nitrogens with zero attached hydrogens (tertiary/aromatic N) is 2. The molecule has 1 fully saturated rings. The molecule has 4 heteroatoms. The van der Waals surface area contributed by atoms with Gasteiger partial charge in [-0.2, -0.15) is 0 Å². The lowest BCUT2D eigenvalue weighted by Gasteiger charge is -2.37. The maximum Gasteiger partial charge on any atom is 0.129 e. The summed E-state index contributed by atoms with van der Waals surface area (Å²) in [5, 5.41) is 0.567. The number of rotatable bonds is 3. The highest BCUT2D eigenvalue weighted by molar-refractivity contribution is 6.29. The van der Waals surface area contributed by atoms with E-state index in [9.17, 15) is 0 Å². The average Bonchev–Trinajstić information content (AvgIpc) is 2.29. The molecule has 0 bridgehead atoms. The fourth-order valence-corrected chi connectivity index (χ4v) is 2.74. The molecule has 1 aromatic heterocycles. The summed E-state index contributed by atoms with van der Waals surface area (Å²) in [4.78, 5) is 6.78. The van der Waals surface area contributed by atoms with E-state index in [1.54, 1.807) is 0 Å². The highest BCUT2D eigenvalue weighted by atomic mass is 35.5. The van der Waals surface area contributed by atoms with Crippen LogP contribution in [0.3, 0.4) is 0 Å². The molecule has 0 aromatic carbocycles. The summed E-state index contributed by atoms with van der Waals surface area (Å²) in [6.45, 7) is 4.06. The highest BCUT2D eigenvalue weighted by Crippen LogP contribution is 2.21. The molecule has 0 amide bonds. The number of hydrogen-bond donors (Lipinski definition) is 1. The van der Waals surface area contributed by atoms with E-state index >= 15 is 0 Å². The summed E-state index contributed by atoms with van der Waals surface area (Å²) in [6.07, 6.45) is 3.73. The molecule has 3 nitrogen and oxygen atoms in total. The van der Waals surface area contributed by atoms with Crippen LogP contribution in [0.15, 0.2) is 18.2 Å². The Morgan fingerprint density at radius 3 is 3.06 bits per heavy atom. The van der Waals surface area contributed by atoms with Crippen LogP contribution in [0.4, 0.5) is 0 Å². The summed E-state index contributed by atoms with van der Waals surface area (Å²) >= 11 is 5.91. The number of piperidine rings is 1. The molecular formula is C13H20ClN3. The van der Waals surface area contributed by atoms with Crippen molar-refractivity contribution < 1.29 is 0 Å². The van der Waals surface area contributed by atoms with Crippen molar-refractivity contribution in [1.82, 2.24) is 9.88 Å². The second kappa shape index (κ2) is 5.80. The predicted molar refractivity (Wildman–Crippen MR) is 70.9 cm³/mol. The first-order valence-corrected chi connectivity index (χ1v) is 6.65. The zero-order valence-corrected chi connectivity index (χ0v) is 11.0. The fourth-order valence-electron chi connectivity index (χ4n) is 2.55. The van der Waals surface area contributed by atoms with Crippen LogP contribution in [0.5, 0.6) is 0 Å². The zero-order chi connectivity index (χ0) is 12.3. The lowest BCUT2D eigenvalue weighted by atomic mass is 9.97. The second-order valence-corrected chi connectivity index (χ2v) is 5.23. The summed E-state index contributed by atoms with van der Waals surface area (Å²) in [5.74, 6) is 0. The van der Waals surface area contributed by atoms with Crippen molar-refractivity contribution in [2.24, 2.45) is 5.73 Å². The zero-order valence-electron chi connectivity index (χ0n) is 10.3. The van der Waals surface area contributed by atoms with Crippen LogP contribution in [-0.2, 0) is 6.54 Å². The molecule has 2 heterocycles. The van der Waals surface area contributed by atoms with Crippen LogP contribution < -0.4 is 5.73 Å². The SMILES string of the molecule is CC(N)C1CCCCN1Cc1cccc(Cl)n1. The van der Waals surface area contributed by atoms with Gasteiger partial charge in [0.1, 0.15) is 5.15 Å². The number of nitrogens with two attached hydrogens (primary N) is 1. The Hall–Kier alpha value is -0.640. The Morgan fingerprint density at radius 2 is 2.35 bits per heavy atom. The maximum atomic E-state index is 6.05. The molecule has 1 saturated heterocycles. The van der Waals surface area contributed by atoms with E-state index in [0.717, 1.165) is 18.8 Å². The van der Waals surface area contributed by atoms with Gasteiger partial charge in [0.25, 0.3) is 0 Å². The van der Waals surface area contributed by atoms with Gasteiger partial charge >= 0.3 is 0 Å². The first-order chi connectivity index (χ1) is 8.16. The largest absolute Gasteiger partial charge is 0.327 e. The lowest BCUT2D eigenvalue weighted by Crippen LogP contribution is -2.48. The third kappa shape index (κ3) is 3.41. The van der Waals surface area contributed by atoms with Crippen LogP contribution in [-0.4, -0.2) is 28.5 Å². The van der Waals surface area contributed by atoms with E-state index in [1.807, 2.05) is 18.2 Å². The van der Waals surface area contributed by atoms with Gasteiger partial charge in [0.15, 0.2) is 0 Å². The van der Waals surface area contributed by atoms with E-state index in [4.69, 9.17) is 17.3 Å². The Labute approximate surface area is 108 Å². The number of aromatic nitrogens is 1. The van der Waals surface area contributed by atoms with Gasteiger partial charge in [-0.05, 0) is 38.4 Å². The molecular weight excluding hydrogens is 234 g/mol. The second-order valence-electron chi connectivity index (χ2n) is 4.84. The van der Waals surface area contributed by atoms with Crippen LogP contribution in [0.1, 0.15) is 31.9 Å². The molecule has 2 rings (SSSR count). The van der Waals surface area contributed by atoms with Crippen molar-refractivity contribution in [2.75, 3.05) is 6.54 Å². The third-order valence-corrected chi connectivity index (χ3v) is 3.62. The van der Waals surface area contributed by atoms with Crippen LogP contribution >= 0.6 is 11.6 Å². The molecule has 94 valence electrons. The molecule has 0 aliphatic carbocycles. The van der Waals surface area contributed by atoms with E-state index < -0.39 is 0 Å². The predicted octanol–water partition coefficient (Wildman–Crippen LogP) is 2.44. The number of hydrogen-bond acceptors (Lipinski definition) is 3. The Balaban J connectivity index is 2.05. The fraction of sp³-hybridized carbons (Fsp3) is 0.615. The van der Waals surface area contributed by atoms with Gasteiger partial charge in [0.05, 0.1) is 5.69 Å². The molecule has 0 radical (unpaired) electrons. The van der Waals surface area contributed by atoms with Crippen LogP contribution in [0.25, 0.3) is 0 Å². The minimum Gasteiger partial charge on any atom is -0.327 e. The van der Waals surface area contributed by atoms with Crippen molar-refractivity contribution in [1.29, 1.82) is 0 Å². The van der Waals surface area contributed by atoms with Crippen molar-refractivity contribution in [2.45, 2.75) is 44.8 Å². The van der Waals surface area contributed by atoms with Gasteiger partial charge in [-0.15, -0.1) is 0 Å². The number of halogens is 1. The smallest absolute Gasteiger partial charge is 0.129 e. The molecule has 17 heavy (non-hydrogen) atoms. The molecule has 2 unspecified atom stereocenters. The molecule has 0 spiro atoms. The molecule has 2 atom stereocenters. The normalized spacial score (nSPS) is 23.6. The van der Waals surface area contributed by atoms with Gasteiger partial charge in [0, 0.05) is 18.6 Å². The van der Waals surface area contributed by atoms with E-state index in [1.165, 1.54) is 19.3 Å². The van der Waals surface area contributed by atoms with Gasteiger partial charge in [0.2, 0.25) is 0 Å². The Kier molecular flexibility index (Phi) is 4.37. The quantitative estimate of drug-likeness (QED) is 0.842. The molecule has 1 aliphatic rings. The highest BCUT2D eigenvalue weighted by Gasteiger charge is 2.25. The van der Waals surface area contributed by atoms with E-state index in [0.29, 0.717) is 11.2 Å². The van der Waals surface area contributed by atoms with Crippen molar-refractivity contribution in [3.05, 3.63) is 29.0 Å². The van der Waals surface area contributed by atoms with Crippen LogP contribution in [0.2, 0.25) is 5.15 Å². The maximum absolute atomic E-state index is 6.05. The summed E-state index contributed by atoms with van der Waals surface area (Å²) < 4.78 is 0. The topological polar surface area (TPSA) is 42.1 Å². The minimum atomic E-state index is 0.217. The Morgan fingerprint density at radius 1 is 1.53 bits per heavy atom. The summed E-state index contributed by atoms with van der Waals surface area (Å²) in [6, 6.07) is 6.48. The lowest BCUT2D eigenvalue weighted by molar-refractivity contribution is 0.121. The molecule has 1 aliphatic heterocycles. The van der Waals surface area contributed by atoms with E-state index in [-0.39, 0.29) is 6.04 Å². The minimum absolute atomic E-state index is 0.217. The monoisotopic (exact) mass is 253 g/mol. The van der Waals surface area contributed by atoms with Crippen molar-refractivity contribution in [3.63, 3.8) is 0 Å². The first-order valence-electron chi connectivity index (χ1n) is 6.28. The summed E-state index contributed by atoms with van der Waals surface area (Å²) in [7, 11) is 0. The molecule has 2 N–H and O–H groups in total. The average molecular weight is 254 g/mol. The first kappa shape index (κ1) is 12.8. The summed E-state index contributed by atoms with van der Waals surface area (Å²) in [5.41, 5.74) is 7.09. The van der Waals surface area contributed by atoms with Crippen LogP contribution in [0, 0.1) is 0 Å². The van der Waals surface area contributed by atoms with Crippen molar-refractivity contribution >= 4 is 11.6 Å². The van der Waals surface area contributed by atoms with E-state index in [2.05, 4.69) is 16.8 Å². The van der Waals surface area contributed by atoms with Gasteiger partial charge in [-0.25, -0.2) is 4.98 Å². The number of likely N-dealkylation sites (tertiary alicyclic amines) is 1. The Bertz CT molecular complexity index is 367. The standard InChI is InChI=1S/C13H20ClN3/c1-10(15)12-6-2-3-8-17(12)9-11-5-4-7-13(14)16-11/h4-5,7,10,12H,2-3,6,8-9,15H2,1H3. The molecule has 1 aromatic rings. The van der Waals surface area contributed by atoms with Gasteiger partial charge in [-0.3, -0.25) is 4.90 Å². The van der Waals surface area contributed by atoms with Crippen molar-refractivity contribution in [3.8, 4) is 0 Å². The molecule has 0 saturated carbocycles. The van der Waals surface area contributed by atoms with Gasteiger partial charge < -0.3 is 5.73 Å². The number of pyridine rings is 1. The third-order valence-electron chi connectivity index (χ3n) is 3.41.